The van der Waals surface area contributed by atoms with Crippen molar-refractivity contribution in [1.29, 1.82) is 0 Å². The van der Waals surface area contributed by atoms with Crippen LogP contribution in [0.2, 0.25) is 0 Å². The fraction of sp³-hybridized carbons (Fsp3) is 0.700. The zero-order valence-electron chi connectivity index (χ0n) is 15.3. The number of unbranched alkanes of at least 4 members (excludes halogenated alkanes) is 7. The number of hydrogen-bond donors (Lipinski definition) is 3. The van der Waals surface area contributed by atoms with E-state index in [-0.39, 0.29) is 24.7 Å². The van der Waals surface area contributed by atoms with Crippen LogP contribution in [0, 0.1) is 0 Å². The first-order chi connectivity index (χ1) is 11.7. The Morgan fingerprint density at radius 1 is 0.708 bits per heavy atom. The molecule has 1 aromatic rings. The van der Waals surface area contributed by atoms with Crippen molar-refractivity contribution in [2.45, 2.75) is 71.3 Å². The second-order valence-corrected chi connectivity index (χ2v) is 6.92. The van der Waals surface area contributed by atoms with Gasteiger partial charge < -0.3 is 15.3 Å². The molecule has 0 fully saturated rings. The van der Waals surface area contributed by atoms with Crippen molar-refractivity contribution in [1.82, 2.24) is 0 Å². The molecule has 0 saturated heterocycles. The first kappa shape index (κ1) is 21.1. The summed E-state index contributed by atoms with van der Waals surface area (Å²) in [6, 6.07) is 8.17. The fourth-order valence-electron chi connectivity index (χ4n) is 3.05. The predicted octanol–water partition coefficient (Wildman–Crippen LogP) is 3.54. The molecule has 0 aliphatic heterocycles. The summed E-state index contributed by atoms with van der Waals surface area (Å²) >= 11 is 0. The summed E-state index contributed by atoms with van der Waals surface area (Å²) in [5.41, 5.74) is 2.37. The minimum absolute atomic E-state index is 0.117. The molecule has 0 bridgehead atoms. The first-order valence-electron chi connectivity index (χ1n) is 9.46. The Morgan fingerprint density at radius 3 is 1.75 bits per heavy atom. The summed E-state index contributed by atoms with van der Waals surface area (Å²) in [5.74, 6) is 0. The van der Waals surface area contributed by atoms with Crippen molar-refractivity contribution in [2.75, 3.05) is 20.2 Å². The number of nitrogens with zero attached hydrogens (tertiary/aromatic N) is 1. The van der Waals surface area contributed by atoms with Gasteiger partial charge in [-0.05, 0) is 18.4 Å². The molecule has 0 atom stereocenters. The fourth-order valence-corrected chi connectivity index (χ4v) is 3.05. The molecular formula is C20H36NO3+. The first-order valence-corrected chi connectivity index (χ1v) is 9.46. The molecule has 0 aromatic heterocycles. The summed E-state index contributed by atoms with van der Waals surface area (Å²) in [5, 5.41) is 28.5. The second-order valence-electron chi connectivity index (χ2n) is 6.92. The largest absolute Gasteiger partial charge is 0.347 e. The number of aliphatic hydroxyl groups excluding tert-OH is 3. The van der Waals surface area contributed by atoms with Gasteiger partial charge in [-0.25, -0.2) is 0 Å². The standard InChI is InChI=1S/C20H36NO3/c1-2-3-4-5-6-7-8-9-12-19-13-10-11-14-20(19)15-21(16-22,17-23)18-24/h10-11,13-14,22-24H,2-9,12,15-18H2,1H3/q+1. The average molecular weight is 339 g/mol. The van der Waals surface area contributed by atoms with Gasteiger partial charge >= 0.3 is 0 Å². The summed E-state index contributed by atoms with van der Waals surface area (Å²) in [6.45, 7) is 1.91. The van der Waals surface area contributed by atoms with Crippen molar-refractivity contribution in [3.63, 3.8) is 0 Å². The van der Waals surface area contributed by atoms with Gasteiger partial charge in [0, 0.05) is 5.56 Å². The lowest BCUT2D eigenvalue weighted by Gasteiger charge is -2.32. The van der Waals surface area contributed by atoms with Crippen LogP contribution < -0.4 is 0 Å². The molecule has 0 aliphatic carbocycles. The van der Waals surface area contributed by atoms with Gasteiger partial charge in [0.1, 0.15) is 6.54 Å². The molecule has 1 aromatic carbocycles. The lowest BCUT2D eigenvalue weighted by Crippen LogP contribution is -2.49. The molecule has 0 unspecified atom stereocenters. The van der Waals surface area contributed by atoms with E-state index in [9.17, 15) is 15.3 Å². The van der Waals surface area contributed by atoms with E-state index in [1.165, 1.54) is 56.9 Å². The van der Waals surface area contributed by atoms with Crippen LogP contribution in [-0.2, 0) is 13.0 Å². The summed E-state index contributed by atoms with van der Waals surface area (Å²) in [7, 11) is 0. The SMILES string of the molecule is CCCCCCCCCCc1ccccc1C[N+](CO)(CO)CO. The third-order valence-corrected chi connectivity index (χ3v) is 4.82. The molecule has 3 N–H and O–H groups in total. The smallest absolute Gasteiger partial charge is 0.184 e. The van der Waals surface area contributed by atoms with Crippen molar-refractivity contribution < 1.29 is 19.8 Å². The quantitative estimate of drug-likeness (QED) is 0.276. The van der Waals surface area contributed by atoms with E-state index in [0.29, 0.717) is 6.54 Å². The lowest BCUT2D eigenvalue weighted by atomic mass is 9.99. The molecule has 0 saturated carbocycles. The zero-order valence-corrected chi connectivity index (χ0v) is 15.3. The monoisotopic (exact) mass is 338 g/mol. The molecule has 0 amide bonds. The zero-order chi connectivity index (χ0) is 17.7. The van der Waals surface area contributed by atoms with Crippen LogP contribution in [0.1, 0.15) is 69.4 Å². The van der Waals surface area contributed by atoms with Crippen LogP contribution in [0.15, 0.2) is 24.3 Å². The van der Waals surface area contributed by atoms with Gasteiger partial charge in [0.25, 0.3) is 0 Å². The van der Waals surface area contributed by atoms with E-state index < -0.39 is 0 Å². The molecule has 0 spiro atoms. The highest BCUT2D eigenvalue weighted by Crippen LogP contribution is 2.19. The van der Waals surface area contributed by atoms with Gasteiger partial charge in [-0.3, -0.25) is 4.48 Å². The molecule has 0 radical (unpaired) electrons. The van der Waals surface area contributed by atoms with Crippen LogP contribution in [0.25, 0.3) is 0 Å². The molecular weight excluding hydrogens is 302 g/mol. The maximum atomic E-state index is 9.52. The Labute approximate surface area is 147 Å². The Morgan fingerprint density at radius 2 is 1.21 bits per heavy atom. The van der Waals surface area contributed by atoms with E-state index in [0.717, 1.165) is 12.0 Å². The normalized spacial score (nSPS) is 11.8. The lowest BCUT2D eigenvalue weighted by molar-refractivity contribution is -0.988. The maximum absolute atomic E-state index is 9.52. The van der Waals surface area contributed by atoms with Crippen LogP contribution in [0.3, 0.4) is 0 Å². The van der Waals surface area contributed by atoms with Crippen LogP contribution in [-0.4, -0.2) is 40.0 Å². The maximum Gasteiger partial charge on any atom is 0.184 e. The highest BCUT2D eigenvalue weighted by molar-refractivity contribution is 5.26. The summed E-state index contributed by atoms with van der Waals surface area (Å²) in [4.78, 5) is 0. The van der Waals surface area contributed by atoms with E-state index in [2.05, 4.69) is 13.0 Å². The van der Waals surface area contributed by atoms with E-state index in [1.54, 1.807) is 0 Å². The topological polar surface area (TPSA) is 60.7 Å². The Kier molecular flexibility index (Phi) is 10.9. The molecule has 4 nitrogen and oxygen atoms in total. The average Bonchev–Trinajstić information content (AvgIpc) is 2.63. The molecule has 1 rings (SSSR count). The predicted molar refractivity (Wildman–Crippen MR) is 98.0 cm³/mol. The number of benzene rings is 1. The van der Waals surface area contributed by atoms with Gasteiger partial charge in [0.05, 0.1) is 0 Å². The van der Waals surface area contributed by atoms with Gasteiger partial charge in [0.15, 0.2) is 20.2 Å². The van der Waals surface area contributed by atoms with Crippen molar-refractivity contribution in [3.05, 3.63) is 35.4 Å². The Balaban J connectivity index is 2.43. The minimum Gasteiger partial charge on any atom is -0.347 e. The third-order valence-electron chi connectivity index (χ3n) is 4.82. The summed E-state index contributed by atoms with van der Waals surface area (Å²) in [6.07, 6.45) is 11.4. The van der Waals surface area contributed by atoms with E-state index in [1.807, 2.05) is 18.2 Å². The van der Waals surface area contributed by atoms with Gasteiger partial charge in [-0.15, -0.1) is 0 Å². The molecule has 0 aliphatic rings. The Bertz CT molecular complexity index is 424. The van der Waals surface area contributed by atoms with Crippen LogP contribution in [0.5, 0.6) is 0 Å². The molecule has 4 heteroatoms. The van der Waals surface area contributed by atoms with E-state index >= 15 is 0 Å². The molecule has 0 heterocycles. The molecule has 24 heavy (non-hydrogen) atoms. The second kappa shape index (κ2) is 12.4. The number of hydrogen-bond acceptors (Lipinski definition) is 3. The van der Waals surface area contributed by atoms with E-state index in [4.69, 9.17) is 0 Å². The van der Waals surface area contributed by atoms with Crippen LogP contribution in [0.4, 0.5) is 0 Å². The van der Waals surface area contributed by atoms with Gasteiger partial charge in [0.2, 0.25) is 0 Å². The number of aryl methyl sites for hydroxylation is 1. The number of aliphatic hydroxyl groups is 3. The van der Waals surface area contributed by atoms with Crippen molar-refractivity contribution >= 4 is 0 Å². The highest BCUT2D eigenvalue weighted by Gasteiger charge is 2.25. The van der Waals surface area contributed by atoms with Crippen LogP contribution >= 0.6 is 0 Å². The summed E-state index contributed by atoms with van der Waals surface area (Å²) < 4.78 is -0.117. The Hall–Kier alpha value is -0.940. The number of rotatable bonds is 14. The molecule has 138 valence electrons. The number of quaternary nitrogens is 1. The van der Waals surface area contributed by atoms with Crippen molar-refractivity contribution in [2.24, 2.45) is 0 Å². The van der Waals surface area contributed by atoms with Gasteiger partial charge in [-0.2, -0.15) is 0 Å². The minimum atomic E-state index is -0.265. The van der Waals surface area contributed by atoms with Crippen molar-refractivity contribution in [3.8, 4) is 0 Å². The highest BCUT2D eigenvalue weighted by atomic mass is 16.3. The third kappa shape index (κ3) is 7.31. The van der Waals surface area contributed by atoms with Gasteiger partial charge in [-0.1, -0.05) is 76.1 Å².